The van der Waals surface area contributed by atoms with Gasteiger partial charge in [-0.15, -0.1) is 0 Å². The van der Waals surface area contributed by atoms with Crippen LogP contribution in [-0.2, 0) is 11.3 Å². The third kappa shape index (κ3) is 2.47. The zero-order valence-corrected chi connectivity index (χ0v) is 8.04. The fourth-order valence-corrected chi connectivity index (χ4v) is 1.08. The first-order chi connectivity index (χ1) is 7.10. The van der Waals surface area contributed by atoms with Crippen LogP contribution in [0.2, 0.25) is 0 Å². The molecule has 6 heteroatoms. The van der Waals surface area contributed by atoms with Gasteiger partial charge in [-0.3, -0.25) is 0 Å². The van der Waals surface area contributed by atoms with Crippen LogP contribution in [0.15, 0.2) is 12.1 Å². The average Bonchev–Trinajstić information content (AvgIpc) is 2.27. The van der Waals surface area contributed by atoms with Crippen LogP contribution in [-0.4, -0.2) is 18.1 Å². The van der Waals surface area contributed by atoms with Crippen molar-refractivity contribution in [3.05, 3.63) is 29.1 Å². The minimum atomic E-state index is -2.76. The third-order valence-corrected chi connectivity index (χ3v) is 1.83. The molecule has 15 heavy (non-hydrogen) atoms. The Balaban J connectivity index is 3.16. The van der Waals surface area contributed by atoms with Crippen molar-refractivity contribution in [2.45, 2.75) is 13.0 Å². The summed E-state index contributed by atoms with van der Waals surface area (Å²) in [5, 5.41) is 0. The van der Waals surface area contributed by atoms with E-state index in [4.69, 9.17) is 5.73 Å². The Morgan fingerprint density at radius 1 is 1.60 bits per heavy atom. The number of rotatable bonds is 3. The lowest BCUT2D eigenvalue weighted by atomic mass is 10.1. The summed E-state index contributed by atoms with van der Waals surface area (Å²) in [5.41, 5.74) is 4.86. The summed E-state index contributed by atoms with van der Waals surface area (Å²) in [5.74, 6) is -0.750. The highest BCUT2D eigenvalue weighted by molar-refractivity contribution is 5.87. The Bertz CT molecular complexity index is 369. The summed E-state index contributed by atoms with van der Waals surface area (Å²) in [4.78, 5) is 14.5. The van der Waals surface area contributed by atoms with Crippen molar-refractivity contribution in [1.82, 2.24) is 4.98 Å². The number of methoxy groups -OCH3 is 1. The molecule has 0 aliphatic carbocycles. The monoisotopic (exact) mass is 216 g/mol. The number of hydrogen-bond donors (Lipinski definition) is 1. The minimum absolute atomic E-state index is 0.0475. The Hall–Kier alpha value is -1.56. The summed E-state index contributed by atoms with van der Waals surface area (Å²) < 4.78 is 29.4. The molecule has 1 heterocycles. The second-order valence-electron chi connectivity index (χ2n) is 2.74. The van der Waals surface area contributed by atoms with Crippen LogP contribution >= 0.6 is 0 Å². The molecule has 0 unspecified atom stereocenters. The predicted octanol–water partition coefficient (Wildman–Crippen LogP) is 1.26. The molecule has 4 nitrogen and oxygen atoms in total. The van der Waals surface area contributed by atoms with Crippen LogP contribution in [0.25, 0.3) is 0 Å². The smallest absolute Gasteiger partial charge is 0.356 e. The van der Waals surface area contributed by atoms with Crippen molar-refractivity contribution >= 4 is 5.97 Å². The summed E-state index contributed by atoms with van der Waals surface area (Å²) in [7, 11) is 1.16. The SMILES string of the molecule is COC(=O)c1ccc(CN)c(C(F)F)n1. The van der Waals surface area contributed by atoms with Gasteiger partial charge in [0.2, 0.25) is 0 Å². The first-order valence-corrected chi connectivity index (χ1v) is 4.16. The molecule has 0 saturated carbocycles. The zero-order chi connectivity index (χ0) is 11.4. The van der Waals surface area contributed by atoms with Gasteiger partial charge >= 0.3 is 5.97 Å². The Labute approximate surface area is 85.1 Å². The molecular formula is C9H10F2N2O2. The Morgan fingerprint density at radius 3 is 2.73 bits per heavy atom. The fraction of sp³-hybridized carbons (Fsp3) is 0.333. The van der Waals surface area contributed by atoms with Crippen molar-refractivity contribution in [3.8, 4) is 0 Å². The number of hydrogen-bond acceptors (Lipinski definition) is 4. The Kier molecular flexibility index (Phi) is 3.68. The van der Waals surface area contributed by atoms with E-state index in [1.165, 1.54) is 12.1 Å². The molecule has 1 aromatic heterocycles. The highest BCUT2D eigenvalue weighted by Crippen LogP contribution is 2.21. The Morgan fingerprint density at radius 2 is 2.27 bits per heavy atom. The summed E-state index contributed by atoms with van der Waals surface area (Å²) >= 11 is 0. The molecule has 0 fully saturated rings. The molecule has 82 valence electrons. The minimum Gasteiger partial charge on any atom is -0.464 e. The van der Waals surface area contributed by atoms with Crippen molar-refractivity contribution in [2.75, 3.05) is 7.11 Å². The van der Waals surface area contributed by atoms with E-state index in [1.54, 1.807) is 0 Å². The molecule has 0 bridgehead atoms. The lowest BCUT2D eigenvalue weighted by Gasteiger charge is -2.07. The molecule has 1 rings (SSSR count). The standard InChI is InChI=1S/C9H10F2N2O2/c1-15-9(14)6-3-2-5(4-12)7(13-6)8(10)11/h2-3,8H,4,12H2,1H3. The summed E-state index contributed by atoms with van der Waals surface area (Å²) in [6, 6.07) is 2.65. The molecule has 0 amide bonds. The number of halogens is 2. The topological polar surface area (TPSA) is 65.2 Å². The van der Waals surface area contributed by atoms with Crippen molar-refractivity contribution < 1.29 is 18.3 Å². The molecule has 0 radical (unpaired) electrons. The van der Waals surface area contributed by atoms with E-state index in [2.05, 4.69) is 9.72 Å². The van der Waals surface area contributed by atoms with Crippen LogP contribution < -0.4 is 5.73 Å². The van der Waals surface area contributed by atoms with E-state index < -0.39 is 18.1 Å². The maximum absolute atomic E-state index is 12.5. The molecule has 0 aliphatic rings. The van der Waals surface area contributed by atoms with Gasteiger partial charge in [0, 0.05) is 6.54 Å². The van der Waals surface area contributed by atoms with E-state index in [-0.39, 0.29) is 17.8 Å². The van der Waals surface area contributed by atoms with Gasteiger partial charge in [-0.25, -0.2) is 18.6 Å². The fourth-order valence-electron chi connectivity index (χ4n) is 1.08. The number of nitrogens with two attached hydrogens (primary N) is 1. The molecule has 0 spiro atoms. The number of nitrogens with zero attached hydrogens (tertiary/aromatic N) is 1. The second-order valence-corrected chi connectivity index (χ2v) is 2.74. The van der Waals surface area contributed by atoms with E-state index in [9.17, 15) is 13.6 Å². The van der Waals surface area contributed by atoms with Gasteiger partial charge in [-0.05, 0) is 11.6 Å². The number of carbonyl (C=O) groups is 1. The van der Waals surface area contributed by atoms with Crippen molar-refractivity contribution in [1.29, 1.82) is 0 Å². The average molecular weight is 216 g/mol. The first-order valence-electron chi connectivity index (χ1n) is 4.16. The molecule has 0 saturated heterocycles. The van der Waals surface area contributed by atoms with Crippen LogP contribution in [0, 0.1) is 0 Å². The van der Waals surface area contributed by atoms with Crippen LogP contribution in [0.1, 0.15) is 28.2 Å². The van der Waals surface area contributed by atoms with Crippen LogP contribution in [0.4, 0.5) is 8.78 Å². The third-order valence-electron chi connectivity index (χ3n) is 1.83. The van der Waals surface area contributed by atoms with Crippen molar-refractivity contribution in [3.63, 3.8) is 0 Å². The van der Waals surface area contributed by atoms with Gasteiger partial charge in [-0.1, -0.05) is 6.07 Å². The number of carbonyl (C=O) groups excluding carboxylic acids is 1. The first kappa shape index (κ1) is 11.5. The molecule has 2 N–H and O–H groups in total. The number of alkyl halides is 2. The number of ether oxygens (including phenoxy) is 1. The van der Waals surface area contributed by atoms with E-state index >= 15 is 0 Å². The van der Waals surface area contributed by atoms with Gasteiger partial charge in [0.25, 0.3) is 6.43 Å². The maximum atomic E-state index is 12.5. The lowest BCUT2D eigenvalue weighted by Crippen LogP contribution is -2.10. The van der Waals surface area contributed by atoms with E-state index in [0.29, 0.717) is 0 Å². The quantitative estimate of drug-likeness (QED) is 0.772. The van der Waals surface area contributed by atoms with E-state index in [1.807, 2.05) is 0 Å². The summed E-state index contributed by atoms with van der Waals surface area (Å²) in [6.45, 7) is -0.0475. The number of aromatic nitrogens is 1. The molecule has 0 aliphatic heterocycles. The largest absolute Gasteiger partial charge is 0.464 e. The molecular weight excluding hydrogens is 206 g/mol. The number of esters is 1. The normalized spacial score (nSPS) is 10.5. The maximum Gasteiger partial charge on any atom is 0.356 e. The molecule has 0 atom stereocenters. The molecule has 1 aromatic rings. The van der Waals surface area contributed by atoms with Gasteiger partial charge in [0.05, 0.1) is 7.11 Å². The van der Waals surface area contributed by atoms with Crippen LogP contribution in [0.5, 0.6) is 0 Å². The summed E-state index contributed by atoms with van der Waals surface area (Å²) in [6.07, 6.45) is -2.76. The van der Waals surface area contributed by atoms with Gasteiger partial charge < -0.3 is 10.5 Å². The predicted molar refractivity (Wildman–Crippen MR) is 48.4 cm³/mol. The van der Waals surface area contributed by atoms with E-state index in [0.717, 1.165) is 7.11 Å². The van der Waals surface area contributed by atoms with Gasteiger partial charge in [0.1, 0.15) is 11.4 Å². The lowest BCUT2D eigenvalue weighted by molar-refractivity contribution is 0.0592. The van der Waals surface area contributed by atoms with Gasteiger partial charge in [-0.2, -0.15) is 0 Å². The van der Waals surface area contributed by atoms with Crippen molar-refractivity contribution in [2.24, 2.45) is 5.73 Å². The highest BCUT2D eigenvalue weighted by atomic mass is 19.3. The number of pyridine rings is 1. The zero-order valence-electron chi connectivity index (χ0n) is 8.04. The highest BCUT2D eigenvalue weighted by Gasteiger charge is 2.17. The van der Waals surface area contributed by atoms with Crippen LogP contribution in [0.3, 0.4) is 0 Å². The van der Waals surface area contributed by atoms with Gasteiger partial charge in [0.15, 0.2) is 0 Å². The second kappa shape index (κ2) is 4.79. The molecule has 0 aromatic carbocycles.